The molecule has 0 spiro atoms. The van der Waals surface area contributed by atoms with E-state index in [1.165, 1.54) is 0 Å². The Kier molecular flexibility index (Phi) is 4.83. The van der Waals surface area contributed by atoms with E-state index in [0.29, 0.717) is 19.9 Å². The van der Waals surface area contributed by atoms with Gasteiger partial charge in [0, 0.05) is 30.5 Å². The van der Waals surface area contributed by atoms with E-state index in [4.69, 9.17) is 21.6 Å². The zero-order valence-corrected chi connectivity index (χ0v) is 12.1. The molecule has 0 atom stereocenters. The zero-order chi connectivity index (χ0) is 14.5. The molecule has 6 heteroatoms. The van der Waals surface area contributed by atoms with Gasteiger partial charge in [-0.3, -0.25) is 4.79 Å². The number of carbonyl (C=O) groups is 1. The number of alkyl halides is 1. The van der Waals surface area contributed by atoms with E-state index >= 15 is 0 Å². The second-order valence-corrected chi connectivity index (χ2v) is 4.84. The molecule has 1 aromatic rings. The monoisotopic (exact) mass is 293 g/mol. The van der Waals surface area contributed by atoms with E-state index in [1.54, 1.807) is 4.90 Å². The van der Waals surface area contributed by atoms with E-state index in [-0.39, 0.29) is 18.2 Å². The second kappa shape index (κ2) is 6.60. The van der Waals surface area contributed by atoms with Crippen molar-refractivity contribution in [1.82, 2.24) is 0 Å². The van der Waals surface area contributed by atoms with Crippen LogP contribution in [0.15, 0.2) is 18.2 Å². The van der Waals surface area contributed by atoms with Gasteiger partial charge < -0.3 is 14.5 Å². The predicted molar refractivity (Wildman–Crippen MR) is 77.8 cm³/mol. The van der Waals surface area contributed by atoms with E-state index in [0.717, 1.165) is 16.9 Å². The minimum Gasteiger partial charge on any atom is -0.356 e. The van der Waals surface area contributed by atoms with E-state index in [1.807, 2.05) is 36.2 Å². The van der Waals surface area contributed by atoms with Crippen LogP contribution in [0, 0.1) is 11.3 Å². The molecule has 20 heavy (non-hydrogen) atoms. The lowest BCUT2D eigenvalue weighted by Crippen LogP contribution is -2.33. The second-order valence-electron chi connectivity index (χ2n) is 4.58. The van der Waals surface area contributed by atoms with Crippen LogP contribution in [0.2, 0.25) is 0 Å². The van der Waals surface area contributed by atoms with Crippen LogP contribution in [0.4, 0.5) is 11.4 Å². The third-order valence-corrected chi connectivity index (χ3v) is 3.42. The molecule has 1 aliphatic rings. The Balaban J connectivity index is 2.29. The average molecular weight is 294 g/mol. The van der Waals surface area contributed by atoms with Crippen LogP contribution in [-0.4, -0.2) is 32.1 Å². The Morgan fingerprint density at radius 2 is 2.40 bits per heavy atom. The molecule has 0 aliphatic carbocycles. The molecule has 0 radical (unpaired) electrons. The molecule has 1 aromatic carbocycles. The summed E-state index contributed by atoms with van der Waals surface area (Å²) in [6.07, 6.45) is 0.274. The lowest BCUT2D eigenvalue weighted by Gasteiger charge is -2.29. The third-order valence-electron chi connectivity index (χ3n) is 3.19. The van der Waals surface area contributed by atoms with Gasteiger partial charge in [-0.25, -0.2) is 0 Å². The molecule has 2 rings (SSSR count). The van der Waals surface area contributed by atoms with Crippen molar-refractivity contribution in [1.29, 1.82) is 5.26 Å². The predicted octanol–water partition coefficient (Wildman–Crippen LogP) is 2.10. The van der Waals surface area contributed by atoms with Crippen molar-refractivity contribution < 1.29 is 9.53 Å². The van der Waals surface area contributed by atoms with Gasteiger partial charge in [0.15, 0.2) is 0 Å². The maximum absolute atomic E-state index is 11.9. The number of ether oxygens (including phenoxy) is 1. The first-order chi connectivity index (χ1) is 9.67. The molecule has 1 amide bonds. The van der Waals surface area contributed by atoms with Gasteiger partial charge in [-0.05, 0) is 18.2 Å². The molecule has 0 saturated carbocycles. The third kappa shape index (κ3) is 3.03. The number of nitrogens with zero attached hydrogens (tertiary/aromatic N) is 3. The van der Waals surface area contributed by atoms with Crippen molar-refractivity contribution in [2.24, 2.45) is 0 Å². The molecule has 5 nitrogen and oxygen atoms in total. The largest absolute Gasteiger partial charge is 0.356 e. The van der Waals surface area contributed by atoms with Gasteiger partial charge in [-0.15, -0.1) is 11.6 Å². The molecular formula is C14H16ClN3O2. The molecule has 0 saturated heterocycles. The number of hydrogen-bond acceptors (Lipinski definition) is 4. The van der Waals surface area contributed by atoms with Gasteiger partial charge in [-0.2, -0.15) is 5.26 Å². The summed E-state index contributed by atoms with van der Waals surface area (Å²) < 4.78 is 5.45. The molecular weight excluding hydrogens is 278 g/mol. The van der Waals surface area contributed by atoms with Crippen LogP contribution in [0.5, 0.6) is 0 Å². The highest BCUT2D eigenvalue weighted by atomic mass is 35.5. The molecule has 1 heterocycles. The summed E-state index contributed by atoms with van der Waals surface area (Å²) in [4.78, 5) is 15.4. The number of halogens is 1. The summed E-state index contributed by atoms with van der Waals surface area (Å²) in [5.41, 5.74) is 2.88. The first kappa shape index (κ1) is 14.6. The number of benzene rings is 1. The highest BCUT2D eigenvalue weighted by molar-refractivity contribution is 6.29. The number of amides is 1. The highest BCUT2D eigenvalue weighted by Crippen LogP contribution is 2.29. The zero-order valence-electron chi connectivity index (χ0n) is 11.3. The number of anilines is 2. The lowest BCUT2D eigenvalue weighted by molar-refractivity contribution is -0.116. The van der Waals surface area contributed by atoms with Gasteiger partial charge in [0.1, 0.15) is 12.6 Å². The minimum atomic E-state index is -0.202. The van der Waals surface area contributed by atoms with Crippen molar-refractivity contribution in [3.8, 4) is 6.07 Å². The summed E-state index contributed by atoms with van der Waals surface area (Å²) in [5.74, 6) is -0.300. The number of fused-ring (bicyclic) bond motifs is 1. The van der Waals surface area contributed by atoms with Crippen LogP contribution < -0.4 is 9.80 Å². The summed E-state index contributed by atoms with van der Waals surface area (Å²) in [6.45, 7) is 1.43. The first-order valence-corrected chi connectivity index (χ1v) is 6.86. The van der Waals surface area contributed by atoms with Gasteiger partial charge in [0.2, 0.25) is 5.91 Å². The Morgan fingerprint density at radius 1 is 1.60 bits per heavy atom. The Bertz CT molecular complexity index is 542. The van der Waals surface area contributed by atoms with Gasteiger partial charge in [0.05, 0.1) is 19.1 Å². The number of carbonyl (C=O) groups excluding carboxylic acids is 1. The highest BCUT2D eigenvalue weighted by Gasteiger charge is 2.19. The smallest absolute Gasteiger partial charge is 0.241 e. The SMILES string of the molecule is CN1COCc2cc(N(CCC#N)C(=O)CCl)ccc21. The van der Waals surface area contributed by atoms with Crippen molar-refractivity contribution >= 4 is 28.9 Å². The van der Waals surface area contributed by atoms with Crippen molar-refractivity contribution in [3.05, 3.63) is 23.8 Å². The van der Waals surface area contributed by atoms with Crippen LogP contribution in [0.3, 0.4) is 0 Å². The van der Waals surface area contributed by atoms with E-state index < -0.39 is 0 Å². The quantitative estimate of drug-likeness (QED) is 0.798. The maximum Gasteiger partial charge on any atom is 0.241 e. The Morgan fingerprint density at radius 3 is 3.10 bits per heavy atom. The maximum atomic E-state index is 11.9. The molecule has 0 unspecified atom stereocenters. The first-order valence-electron chi connectivity index (χ1n) is 6.32. The van der Waals surface area contributed by atoms with Crippen molar-refractivity contribution in [2.45, 2.75) is 13.0 Å². The average Bonchev–Trinajstić information content (AvgIpc) is 2.47. The number of nitriles is 1. The summed E-state index contributed by atoms with van der Waals surface area (Å²) in [5, 5.41) is 8.70. The Hall–Kier alpha value is -1.77. The minimum absolute atomic E-state index is 0.0983. The summed E-state index contributed by atoms with van der Waals surface area (Å²) >= 11 is 5.64. The van der Waals surface area contributed by atoms with E-state index in [2.05, 4.69) is 0 Å². The fraction of sp³-hybridized carbons (Fsp3) is 0.429. The number of hydrogen-bond donors (Lipinski definition) is 0. The molecule has 0 bridgehead atoms. The van der Waals surface area contributed by atoms with Crippen LogP contribution in [0.1, 0.15) is 12.0 Å². The molecule has 1 aliphatic heterocycles. The van der Waals surface area contributed by atoms with Gasteiger partial charge in [0.25, 0.3) is 0 Å². The van der Waals surface area contributed by atoms with Gasteiger partial charge >= 0.3 is 0 Å². The lowest BCUT2D eigenvalue weighted by atomic mass is 10.1. The fourth-order valence-electron chi connectivity index (χ4n) is 2.22. The normalized spacial score (nSPS) is 13.6. The molecule has 0 N–H and O–H groups in total. The van der Waals surface area contributed by atoms with Gasteiger partial charge in [-0.1, -0.05) is 0 Å². The Labute approximate surface area is 123 Å². The fourth-order valence-corrected chi connectivity index (χ4v) is 2.37. The summed E-state index contributed by atoms with van der Waals surface area (Å²) in [7, 11) is 1.95. The van der Waals surface area contributed by atoms with Crippen LogP contribution in [-0.2, 0) is 16.1 Å². The standard InChI is InChI=1S/C14H16ClN3O2/c1-17-10-20-9-11-7-12(3-4-13(11)17)18(6-2-5-16)14(19)8-15/h3-4,7H,2,6,8-10H2,1H3. The van der Waals surface area contributed by atoms with Crippen molar-refractivity contribution in [3.63, 3.8) is 0 Å². The summed E-state index contributed by atoms with van der Waals surface area (Å²) in [6, 6.07) is 7.81. The van der Waals surface area contributed by atoms with Crippen LogP contribution >= 0.6 is 11.6 Å². The number of rotatable bonds is 4. The van der Waals surface area contributed by atoms with Crippen LogP contribution in [0.25, 0.3) is 0 Å². The molecule has 0 fully saturated rings. The van der Waals surface area contributed by atoms with E-state index in [9.17, 15) is 4.79 Å². The van der Waals surface area contributed by atoms with Crippen molar-refractivity contribution in [2.75, 3.05) is 36.0 Å². The molecule has 0 aromatic heterocycles. The topological polar surface area (TPSA) is 56.6 Å². The molecule has 106 valence electrons.